The highest BCUT2D eigenvalue weighted by Gasteiger charge is 2.33. The van der Waals surface area contributed by atoms with E-state index in [-0.39, 0.29) is 5.75 Å². The summed E-state index contributed by atoms with van der Waals surface area (Å²) < 4.78 is 41.0. The van der Waals surface area contributed by atoms with Gasteiger partial charge >= 0.3 is 6.18 Å². The van der Waals surface area contributed by atoms with Crippen molar-refractivity contribution in [1.82, 2.24) is 0 Å². The third-order valence-electron chi connectivity index (χ3n) is 1.41. The van der Waals surface area contributed by atoms with Gasteiger partial charge in [-0.25, -0.2) is 0 Å². The Morgan fingerprint density at radius 2 is 1.94 bits per heavy atom. The van der Waals surface area contributed by atoms with Crippen molar-refractivity contribution < 1.29 is 17.9 Å². The minimum Gasteiger partial charge on any atom is -0.388 e. The van der Waals surface area contributed by atoms with E-state index in [0.29, 0.717) is 6.07 Å². The van der Waals surface area contributed by atoms with Gasteiger partial charge in [0.1, 0.15) is 5.75 Å². The lowest BCUT2D eigenvalue weighted by Crippen LogP contribution is -2.05. The molecule has 0 heterocycles. The van der Waals surface area contributed by atoms with Crippen LogP contribution in [-0.2, 0) is 6.18 Å². The van der Waals surface area contributed by atoms with Crippen molar-refractivity contribution in [2.45, 2.75) is 6.18 Å². The maximum absolute atomic E-state index is 12.2. The molecule has 1 aromatic rings. The molecule has 0 aromatic heterocycles. The van der Waals surface area contributed by atoms with Gasteiger partial charge in [0.25, 0.3) is 6.26 Å². The quantitative estimate of drug-likeness (QED) is 0.622. The van der Waals surface area contributed by atoms with Crippen molar-refractivity contribution >= 4 is 24.2 Å². The number of alkyl halides is 3. The molecule has 1 aromatic carbocycles. The molecule has 0 unspecified atom stereocenters. The fourth-order valence-electron chi connectivity index (χ4n) is 0.838. The van der Waals surface area contributed by atoms with Crippen LogP contribution < -0.4 is 4.74 Å². The van der Waals surface area contributed by atoms with Gasteiger partial charge in [-0.05, 0) is 24.5 Å². The summed E-state index contributed by atoms with van der Waals surface area (Å²) >= 11 is 8.85. The molecule has 0 aliphatic heterocycles. The highest BCUT2D eigenvalue weighted by Crippen LogP contribution is 2.36. The highest BCUT2D eigenvalue weighted by atomic mass is 35.5. The normalized spacial score (nSPS) is 9.81. The molecule has 0 N–H and O–H groups in total. The van der Waals surface area contributed by atoms with Crippen LogP contribution in [0, 0.1) is 11.5 Å². The van der Waals surface area contributed by atoms with Gasteiger partial charge in [0.15, 0.2) is 0 Å². The minimum absolute atomic E-state index is 0.191. The average Bonchev–Trinajstić information content (AvgIpc) is 2.23. The van der Waals surface area contributed by atoms with Crippen LogP contribution in [0.1, 0.15) is 5.56 Å². The predicted octanol–water partition coefficient (Wildman–Crippen LogP) is 3.76. The molecule has 2 nitrogen and oxygen atoms in total. The summed E-state index contributed by atoms with van der Waals surface area (Å²) in [5.74, 6) is -0.191. The standard InChI is InChI=1S/C8H3ClF3NO.CH4S/c9-7-2-1-5(14-4-13)3-6(7)8(10,11)12;1-2/h1-3H;2H,1H3. The number of nitrogens with zero attached hydrogens (tertiary/aromatic N) is 1. The Labute approximate surface area is 101 Å². The molecular formula is C9H7ClF3NOS. The van der Waals surface area contributed by atoms with E-state index in [0.717, 1.165) is 6.07 Å². The second kappa shape index (κ2) is 6.51. The second-order valence-electron chi connectivity index (χ2n) is 2.33. The Morgan fingerprint density at radius 1 is 1.38 bits per heavy atom. The first kappa shape index (κ1) is 14.9. The number of rotatable bonds is 1. The topological polar surface area (TPSA) is 33.0 Å². The first-order valence-electron chi connectivity index (χ1n) is 3.82. The zero-order chi connectivity index (χ0) is 12.8. The third kappa shape index (κ3) is 4.21. The van der Waals surface area contributed by atoms with E-state index in [4.69, 9.17) is 16.9 Å². The van der Waals surface area contributed by atoms with Crippen LogP contribution in [0.25, 0.3) is 0 Å². The lowest BCUT2D eigenvalue weighted by atomic mass is 10.2. The first-order valence-corrected chi connectivity index (χ1v) is 5.10. The molecule has 0 saturated carbocycles. The van der Waals surface area contributed by atoms with Crippen LogP contribution in [0.2, 0.25) is 5.02 Å². The Morgan fingerprint density at radius 3 is 2.38 bits per heavy atom. The van der Waals surface area contributed by atoms with Gasteiger partial charge in [0.05, 0.1) is 10.6 Å². The molecule has 0 aliphatic carbocycles. The summed E-state index contributed by atoms with van der Waals surface area (Å²) in [4.78, 5) is 0. The average molecular weight is 270 g/mol. The van der Waals surface area contributed by atoms with Crippen molar-refractivity contribution in [3.8, 4) is 12.0 Å². The van der Waals surface area contributed by atoms with Gasteiger partial charge in [-0.1, -0.05) is 11.6 Å². The summed E-state index contributed by atoms with van der Waals surface area (Å²) in [6.07, 6.45) is -1.58. The number of benzene rings is 1. The minimum atomic E-state index is -4.55. The Hall–Kier alpha value is -1.06. The van der Waals surface area contributed by atoms with Crippen molar-refractivity contribution in [2.75, 3.05) is 6.26 Å². The number of ether oxygens (including phenoxy) is 1. The van der Waals surface area contributed by atoms with E-state index in [9.17, 15) is 13.2 Å². The lowest BCUT2D eigenvalue weighted by molar-refractivity contribution is -0.137. The van der Waals surface area contributed by atoms with Crippen LogP contribution in [0.15, 0.2) is 18.2 Å². The summed E-state index contributed by atoms with van der Waals surface area (Å²) in [7, 11) is 0. The molecule has 0 spiro atoms. The van der Waals surface area contributed by atoms with Crippen molar-refractivity contribution in [1.29, 1.82) is 5.26 Å². The van der Waals surface area contributed by atoms with Crippen LogP contribution in [-0.4, -0.2) is 6.26 Å². The first-order chi connectivity index (χ1) is 7.45. The third-order valence-corrected chi connectivity index (χ3v) is 1.74. The SMILES string of the molecule is CS.N#COc1ccc(Cl)c(C(F)(F)F)c1. The Balaban J connectivity index is 0.00000106. The fraction of sp³-hybridized carbons (Fsp3) is 0.222. The fourth-order valence-corrected chi connectivity index (χ4v) is 1.06. The molecule has 7 heteroatoms. The molecule has 16 heavy (non-hydrogen) atoms. The van der Waals surface area contributed by atoms with Gasteiger partial charge in [-0.2, -0.15) is 25.8 Å². The van der Waals surface area contributed by atoms with E-state index in [1.807, 2.05) is 0 Å². The smallest absolute Gasteiger partial charge is 0.388 e. The lowest BCUT2D eigenvalue weighted by Gasteiger charge is -2.08. The van der Waals surface area contributed by atoms with Crippen LogP contribution in [0.4, 0.5) is 13.2 Å². The Bertz CT molecular complexity index is 389. The molecule has 0 bridgehead atoms. The number of nitriles is 1. The van der Waals surface area contributed by atoms with E-state index in [2.05, 4.69) is 17.4 Å². The van der Waals surface area contributed by atoms with Crippen LogP contribution in [0.5, 0.6) is 5.75 Å². The highest BCUT2D eigenvalue weighted by molar-refractivity contribution is 7.79. The van der Waals surface area contributed by atoms with E-state index < -0.39 is 16.8 Å². The number of hydrogen-bond acceptors (Lipinski definition) is 3. The molecule has 88 valence electrons. The molecule has 0 aliphatic rings. The van der Waals surface area contributed by atoms with Crippen LogP contribution >= 0.6 is 24.2 Å². The maximum Gasteiger partial charge on any atom is 0.417 e. The summed E-state index contributed by atoms with van der Waals surface area (Å²) in [6, 6.07) is 2.88. The second-order valence-corrected chi connectivity index (χ2v) is 2.74. The maximum atomic E-state index is 12.2. The van der Waals surface area contributed by atoms with Gasteiger partial charge in [0.2, 0.25) is 0 Å². The Kier molecular flexibility index (Phi) is 6.08. The van der Waals surface area contributed by atoms with Crippen molar-refractivity contribution in [3.63, 3.8) is 0 Å². The molecule has 1 rings (SSSR count). The molecule has 0 atom stereocenters. The van der Waals surface area contributed by atoms with Crippen molar-refractivity contribution in [2.24, 2.45) is 0 Å². The number of hydrogen-bond donors (Lipinski definition) is 1. The van der Waals surface area contributed by atoms with Crippen molar-refractivity contribution in [3.05, 3.63) is 28.8 Å². The van der Waals surface area contributed by atoms with Crippen LogP contribution in [0.3, 0.4) is 0 Å². The van der Waals surface area contributed by atoms with E-state index >= 15 is 0 Å². The number of halogens is 4. The predicted molar refractivity (Wildman–Crippen MR) is 57.6 cm³/mol. The molecule has 0 fully saturated rings. The summed E-state index contributed by atoms with van der Waals surface area (Å²) in [5.41, 5.74) is -1.02. The molecule has 0 radical (unpaired) electrons. The van der Waals surface area contributed by atoms with Gasteiger partial charge in [-0.3, -0.25) is 0 Å². The van der Waals surface area contributed by atoms with E-state index in [1.165, 1.54) is 12.3 Å². The van der Waals surface area contributed by atoms with Gasteiger partial charge in [-0.15, -0.1) is 5.26 Å². The zero-order valence-electron chi connectivity index (χ0n) is 8.05. The summed E-state index contributed by atoms with van der Waals surface area (Å²) in [6.45, 7) is 0. The van der Waals surface area contributed by atoms with Gasteiger partial charge < -0.3 is 4.74 Å². The monoisotopic (exact) mass is 269 g/mol. The molecular weight excluding hydrogens is 263 g/mol. The number of thiol groups is 1. The zero-order valence-corrected chi connectivity index (χ0v) is 9.70. The van der Waals surface area contributed by atoms with Gasteiger partial charge in [0, 0.05) is 0 Å². The molecule has 0 saturated heterocycles. The largest absolute Gasteiger partial charge is 0.417 e. The van der Waals surface area contributed by atoms with E-state index in [1.54, 1.807) is 6.26 Å². The summed E-state index contributed by atoms with van der Waals surface area (Å²) in [5, 5.41) is 7.67. The molecule has 0 amide bonds.